The van der Waals surface area contributed by atoms with E-state index < -0.39 is 0 Å². The molecule has 16 nitrogen and oxygen atoms in total. The van der Waals surface area contributed by atoms with E-state index in [1.165, 1.54) is 48.8 Å². The van der Waals surface area contributed by atoms with Crippen molar-refractivity contribution >= 4 is 131 Å². The molecule has 0 amide bonds. The topological polar surface area (TPSA) is 158 Å². The van der Waals surface area contributed by atoms with Gasteiger partial charge < -0.3 is 13.7 Å². The minimum absolute atomic E-state index is 0.567. The molecular weight excluding hydrogens is 1830 g/mol. The zero-order valence-electron chi connectivity index (χ0n) is 80.8. The molecule has 30 rings (SSSR count). The van der Waals surface area contributed by atoms with Crippen molar-refractivity contribution in [1.29, 1.82) is 0 Å². The lowest BCUT2D eigenvalue weighted by atomic mass is 9.96. The molecule has 0 aliphatic heterocycles. The predicted molar refractivity (Wildman–Crippen MR) is 612 cm³/mol. The molecule has 0 spiro atoms. The maximum atomic E-state index is 5.38. The standard InChI is InChI=1S/C50H32N6.C46H30N4.C38H24N6/c1-4-14-33(15-5-1)42-28-24-35(31-51-42)44-30-45(36-25-29-43(52-32-36)34-16-6-2-7-17-34)54-50(53-44)56-47-23-13-11-21-39(47)41-27-26-40-38-20-10-12-22-46(38)55(48(40)49(41)56)37-18-8-3-9-19-37;1-5-17-31(18-6-1)37-29-38-35-25-13-15-27-41(35)49(34-23-11-4-12-24-34)44(38)45-43(37)36-26-14-16-28-42(36)50(45)46-47-39(32-19-7-2-8-20-32)30-40(48-46)33-21-9-3-10-22-33;1-2-12-25(13-3-1)43-34-18-6-4-14-26(34)28-20-21-29-27-15-5-7-19-35(27)44(37(29)36(28)43)38-41-32(30-16-8-10-22-39-30)24-33(42-38)31-17-9-11-23-40-31/h1-32H;1-30H;1-24H. The molecule has 0 saturated carbocycles. The average molecular weight is 1920 g/mol. The van der Waals surface area contributed by atoms with E-state index in [2.05, 4.69) is 438 Å². The molecular formula is C134H86N16. The summed E-state index contributed by atoms with van der Waals surface area (Å²) in [4.78, 5) is 51.0. The molecule has 0 radical (unpaired) electrons. The Labute approximate surface area is 860 Å². The first-order chi connectivity index (χ1) is 74.5. The first-order valence-corrected chi connectivity index (χ1v) is 50.2. The lowest BCUT2D eigenvalue weighted by Crippen LogP contribution is -2.05. The second kappa shape index (κ2) is 37.0. The Kier molecular flexibility index (Phi) is 21.5. The molecule has 0 N–H and O–H groups in total. The van der Waals surface area contributed by atoms with Gasteiger partial charge in [-0.15, -0.1) is 0 Å². The second-order valence-corrected chi connectivity index (χ2v) is 37.3. The van der Waals surface area contributed by atoms with Crippen LogP contribution in [-0.4, -0.2) is 77.2 Å². The predicted octanol–water partition coefficient (Wildman–Crippen LogP) is 32.6. The van der Waals surface area contributed by atoms with E-state index in [4.69, 9.17) is 39.9 Å². The molecule has 702 valence electrons. The molecule has 0 fully saturated rings. The molecule has 150 heavy (non-hydrogen) atoms. The van der Waals surface area contributed by atoms with E-state index in [1.54, 1.807) is 12.4 Å². The Morgan fingerprint density at radius 3 is 0.727 bits per heavy atom. The number of hydrogen-bond donors (Lipinski definition) is 0. The molecule has 0 aliphatic carbocycles. The average Bonchev–Trinajstić information content (AvgIpc) is 1.55. The third kappa shape index (κ3) is 15.1. The fourth-order valence-corrected chi connectivity index (χ4v) is 22.0. The van der Waals surface area contributed by atoms with Crippen molar-refractivity contribution in [3.63, 3.8) is 0 Å². The Morgan fingerprint density at radius 2 is 0.393 bits per heavy atom. The zero-order valence-corrected chi connectivity index (χ0v) is 80.8. The Morgan fingerprint density at radius 1 is 0.140 bits per heavy atom. The van der Waals surface area contributed by atoms with Crippen LogP contribution in [0.2, 0.25) is 0 Å². The van der Waals surface area contributed by atoms with Crippen LogP contribution in [0.15, 0.2) is 522 Å². The number of fused-ring (bicyclic) bond motifs is 21. The number of nitrogens with zero attached hydrogens (tertiary/aromatic N) is 16. The van der Waals surface area contributed by atoms with Crippen LogP contribution in [0.1, 0.15) is 0 Å². The van der Waals surface area contributed by atoms with Crippen LogP contribution in [0.3, 0.4) is 0 Å². The summed E-state index contributed by atoms with van der Waals surface area (Å²) in [6.45, 7) is 0. The van der Waals surface area contributed by atoms with Crippen LogP contribution in [-0.2, 0) is 0 Å². The van der Waals surface area contributed by atoms with E-state index in [0.717, 1.165) is 201 Å². The van der Waals surface area contributed by atoms with E-state index in [1.807, 2.05) is 109 Å². The molecule has 13 aromatic heterocycles. The SMILES string of the molecule is c1ccc(-c2cc(-c3ccccc3)nc(-n3c4ccccc4c4c(-c5ccccc5)cc5c6ccccc6n(-c6ccccc6)c5c43)n2)cc1.c1ccc(-c2ccc(-c3cc(-c4ccc(-c5ccccc5)nc4)nc(-n4c5ccccc5c5ccc6c7ccccc7n(-c7ccccc7)c6c54)n3)cn2)cc1.c1ccc(-n2c3ccccc3c3ccc4c5ccccc5n(-c5nc(-c6ccccn6)cc(-c6ccccn6)n5)c4c32)cc1. The quantitative estimate of drug-likeness (QED) is 0.0967. The van der Waals surface area contributed by atoms with Crippen molar-refractivity contribution in [3.8, 4) is 136 Å². The molecule has 0 unspecified atom stereocenters. The monoisotopic (exact) mass is 1920 g/mol. The summed E-state index contributed by atoms with van der Waals surface area (Å²) in [6.07, 6.45) is 7.40. The summed E-state index contributed by atoms with van der Waals surface area (Å²) < 4.78 is 13.9. The Hall–Kier alpha value is -20.6. The van der Waals surface area contributed by atoms with Gasteiger partial charge in [0.2, 0.25) is 17.8 Å². The summed E-state index contributed by atoms with van der Waals surface area (Å²) in [5, 5.41) is 14.0. The van der Waals surface area contributed by atoms with Gasteiger partial charge in [0.25, 0.3) is 0 Å². The lowest BCUT2D eigenvalue weighted by Gasteiger charge is -2.15. The lowest BCUT2D eigenvalue weighted by molar-refractivity contribution is 0.988. The Bertz CT molecular complexity index is 10200. The smallest absolute Gasteiger partial charge is 0.235 e. The van der Waals surface area contributed by atoms with Crippen LogP contribution in [0.25, 0.3) is 267 Å². The number of aromatic nitrogens is 16. The number of para-hydroxylation sites is 9. The number of benzene rings is 17. The minimum atomic E-state index is 0.567. The third-order valence-electron chi connectivity index (χ3n) is 28.6. The molecule has 0 saturated heterocycles. The highest BCUT2D eigenvalue weighted by Crippen LogP contribution is 2.50. The molecule has 30 aromatic rings. The number of rotatable bonds is 15. The highest BCUT2D eigenvalue weighted by molar-refractivity contribution is 6.29. The van der Waals surface area contributed by atoms with Gasteiger partial charge in [-0.25, -0.2) is 29.9 Å². The summed E-state index contributed by atoms with van der Waals surface area (Å²) in [5.41, 5.74) is 32.8. The highest BCUT2D eigenvalue weighted by Gasteiger charge is 2.31. The third-order valence-corrected chi connectivity index (χ3v) is 28.6. The first-order valence-electron chi connectivity index (χ1n) is 50.2. The van der Waals surface area contributed by atoms with Crippen LogP contribution in [0.5, 0.6) is 0 Å². The first kappa shape index (κ1) is 87.2. The molecule has 0 atom stereocenters. The highest BCUT2D eigenvalue weighted by atomic mass is 15.2. The van der Waals surface area contributed by atoms with Gasteiger partial charge in [-0.05, 0) is 157 Å². The molecule has 16 heteroatoms. The molecule has 0 bridgehead atoms. The van der Waals surface area contributed by atoms with E-state index in [9.17, 15) is 0 Å². The van der Waals surface area contributed by atoms with E-state index in [-0.39, 0.29) is 0 Å². The van der Waals surface area contributed by atoms with E-state index >= 15 is 0 Å². The molecule has 17 aromatic carbocycles. The number of hydrogen-bond acceptors (Lipinski definition) is 10. The minimum Gasteiger partial charge on any atom is -0.307 e. The van der Waals surface area contributed by atoms with Crippen LogP contribution < -0.4 is 0 Å². The van der Waals surface area contributed by atoms with Gasteiger partial charge in [0.1, 0.15) is 0 Å². The van der Waals surface area contributed by atoms with Crippen molar-refractivity contribution < 1.29 is 0 Å². The summed E-state index contributed by atoms with van der Waals surface area (Å²) >= 11 is 0. The summed E-state index contributed by atoms with van der Waals surface area (Å²) in [6, 6.07) is 173. The van der Waals surface area contributed by atoms with Gasteiger partial charge in [-0.1, -0.05) is 352 Å². The van der Waals surface area contributed by atoms with Gasteiger partial charge in [0.15, 0.2) is 0 Å². The largest absolute Gasteiger partial charge is 0.307 e. The normalized spacial score (nSPS) is 11.6. The van der Waals surface area contributed by atoms with Gasteiger partial charge in [0.05, 0.1) is 123 Å². The van der Waals surface area contributed by atoms with Crippen molar-refractivity contribution in [2.75, 3.05) is 0 Å². The van der Waals surface area contributed by atoms with Crippen LogP contribution in [0, 0.1) is 0 Å². The fraction of sp³-hybridized carbons (Fsp3) is 0. The van der Waals surface area contributed by atoms with Crippen molar-refractivity contribution in [2.45, 2.75) is 0 Å². The van der Waals surface area contributed by atoms with E-state index in [0.29, 0.717) is 17.8 Å². The van der Waals surface area contributed by atoms with Crippen LogP contribution >= 0.6 is 0 Å². The summed E-state index contributed by atoms with van der Waals surface area (Å²) in [7, 11) is 0. The second-order valence-electron chi connectivity index (χ2n) is 37.3. The van der Waals surface area contributed by atoms with Crippen LogP contribution in [0.4, 0.5) is 0 Å². The number of pyridine rings is 4. The van der Waals surface area contributed by atoms with Gasteiger partial charge in [-0.3, -0.25) is 33.6 Å². The van der Waals surface area contributed by atoms with Gasteiger partial charge in [0, 0.05) is 140 Å². The maximum Gasteiger partial charge on any atom is 0.235 e. The Balaban J connectivity index is 0.000000109. The molecule has 13 heterocycles. The molecule has 0 aliphatic rings. The summed E-state index contributed by atoms with van der Waals surface area (Å²) in [5.74, 6) is 1.77. The van der Waals surface area contributed by atoms with Crippen molar-refractivity contribution in [2.24, 2.45) is 0 Å². The fourth-order valence-electron chi connectivity index (χ4n) is 22.0. The van der Waals surface area contributed by atoms with Crippen molar-refractivity contribution in [1.82, 2.24) is 77.2 Å². The van der Waals surface area contributed by atoms with Gasteiger partial charge >= 0.3 is 0 Å². The van der Waals surface area contributed by atoms with Gasteiger partial charge in [-0.2, -0.15) is 0 Å². The van der Waals surface area contributed by atoms with Crippen molar-refractivity contribution in [3.05, 3.63) is 522 Å². The zero-order chi connectivity index (χ0) is 99.1. The maximum absolute atomic E-state index is 5.38.